The van der Waals surface area contributed by atoms with Crippen molar-refractivity contribution in [3.05, 3.63) is 0 Å². The minimum Gasteiger partial charge on any atom is -0.454 e. The van der Waals surface area contributed by atoms with Crippen molar-refractivity contribution < 1.29 is 33.6 Å². The summed E-state index contributed by atoms with van der Waals surface area (Å²) in [7, 11) is 0. The van der Waals surface area contributed by atoms with Gasteiger partial charge in [-0.1, -0.05) is 41.5 Å². The molecule has 2 aliphatic heterocycles. The Labute approximate surface area is 168 Å². The summed E-state index contributed by atoms with van der Waals surface area (Å²) < 4.78 is 22.2. The molecule has 0 amide bonds. The van der Waals surface area contributed by atoms with Gasteiger partial charge in [-0.25, -0.2) is 4.79 Å². The van der Waals surface area contributed by atoms with Gasteiger partial charge in [-0.3, -0.25) is 4.79 Å². The fraction of sp³-hybridized carbons (Fsp3) is 0.905. The minimum absolute atomic E-state index is 0.102. The molecule has 0 aromatic carbocycles. The number of carbonyl (C=O) groups excluding carboxylic acids is 2. The predicted molar refractivity (Wildman–Crippen MR) is 102 cm³/mol. The molecule has 0 saturated carbocycles. The molecule has 162 valence electrons. The van der Waals surface area contributed by atoms with Gasteiger partial charge in [0.1, 0.15) is 12.2 Å². The van der Waals surface area contributed by atoms with Gasteiger partial charge in [0.05, 0.1) is 12.0 Å². The van der Waals surface area contributed by atoms with E-state index in [1.54, 1.807) is 0 Å². The molecule has 0 aromatic heterocycles. The summed E-state index contributed by atoms with van der Waals surface area (Å²) in [5, 5.41) is 9.88. The number of rotatable bonds is 5. The standard InChI is InChI=1S/C21H36O7/c1-18(2,3)11-21(9,19(4,5)6)17(23)27-15-14-13(26-16(15)22)12(10-25-14)28-20(7,8)24/h12-15,24H,10-11H2,1-9H3. The van der Waals surface area contributed by atoms with Gasteiger partial charge >= 0.3 is 11.9 Å². The van der Waals surface area contributed by atoms with Gasteiger partial charge < -0.3 is 24.1 Å². The van der Waals surface area contributed by atoms with E-state index >= 15 is 0 Å². The molecule has 0 radical (unpaired) electrons. The average Bonchev–Trinajstić information content (AvgIpc) is 2.95. The molecule has 28 heavy (non-hydrogen) atoms. The van der Waals surface area contributed by atoms with Crippen LogP contribution in [0.4, 0.5) is 0 Å². The quantitative estimate of drug-likeness (QED) is 0.560. The normalized spacial score (nSPS) is 30.6. The number of hydrogen-bond acceptors (Lipinski definition) is 7. The summed E-state index contributed by atoms with van der Waals surface area (Å²) in [6.07, 6.45) is -2.58. The number of esters is 2. The van der Waals surface area contributed by atoms with Gasteiger partial charge in [-0.2, -0.15) is 0 Å². The Morgan fingerprint density at radius 3 is 2.11 bits per heavy atom. The fourth-order valence-electron chi connectivity index (χ4n) is 3.88. The Kier molecular flexibility index (Phi) is 5.99. The van der Waals surface area contributed by atoms with E-state index in [0.29, 0.717) is 6.42 Å². The Balaban J connectivity index is 2.18. The van der Waals surface area contributed by atoms with Crippen LogP contribution in [0.25, 0.3) is 0 Å². The summed E-state index contributed by atoms with van der Waals surface area (Å²) in [4.78, 5) is 25.6. The van der Waals surface area contributed by atoms with Crippen LogP contribution in [0.2, 0.25) is 0 Å². The van der Waals surface area contributed by atoms with Crippen LogP contribution in [0.5, 0.6) is 0 Å². The lowest BCUT2D eigenvalue weighted by Crippen LogP contribution is -2.47. The number of hydrogen-bond donors (Lipinski definition) is 1. The minimum atomic E-state index is -1.39. The number of carbonyl (C=O) groups is 2. The highest BCUT2D eigenvalue weighted by Gasteiger charge is 2.58. The van der Waals surface area contributed by atoms with Crippen LogP contribution in [0, 0.1) is 16.2 Å². The third kappa shape index (κ3) is 4.86. The zero-order chi connectivity index (χ0) is 21.7. The molecule has 0 aliphatic carbocycles. The molecule has 5 unspecified atom stereocenters. The number of fused-ring (bicyclic) bond motifs is 1. The summed E-state index contributed by atoms with van der Waals surface area (Å²) >= 11 is 0. The highest BCUT2D eigenvalue weighted by Crippen LogP contribution is 2.48. The van der Waals surface area contributed by atoms with Gasteiger partial charge in [0, 0.05) is 0 Å². The van der Waals surface area contributed by atoms with E-state index in [1.165, 1.54) is 13.8 Å². The second kappa shape index (κ2) is 7.26. The first-order valence-corrected chi connectivity index (χ1v) is 9.88. The Hall–Kier alpha value is -1.18. The van der Waals surface area contributed by atoms with Gasteiger partial charge in [0.2, 0.25) is 6.10 Å². The molecule has 7 nitrogen and oxygen atoms in total. The van der Waals surface area contributed by atoms with Gasteiger partial charge in [0.25, 0.3) is 0 Å². The second-order valence-corrected chi connectivity index (χ2v) is 10.9. The first kappa shape index (κ1) is 23.1. The van der Waals surface area contributed by atoms with Crippen LogP contribution < -0.4 is 0 Å². The van der Waals surface area contributed by atoms with Crippen molar-refractivity contribution in [2.75, 3.05) is 6.61 Å². The van der Waals surface area contributed by atoms with Crippen molar-refractivity contribution in [2.45, 2.75) is 98.9 Å². The summed E-state index contributed by atoms with van der Waals surface area (Å²) in [5.41, 5.74) is -1.27. The van der Waals surface area contributed by atoms with Crippen molar-refractivity contribution >= 4 is 11.9 Å². The van der Waals surface area contributed by atoms with E-state index in [1.807, 2.05) is 27.7 Å². The first-order valence-electron chi connectivity index (χ1n) is 9.88. The number of aliphatic hydroxyl groups is 1. The Morgan fingerprint density at radius 2 is 1.64 bits per heavy atom. The lowest BCUT2D eigenvalue weighted by Gasteiger charge is -2.43. The number of ether oxygens (including phenoxy) is 4. The van der Waals surface area contributed by atoms with Gasteiger partial charge in [0.15, 0.2) is 11.9 Å². The monoisotopic (exact) mass is 400 g/mol. The highest BCUT2D eigenvalue weighted by atomic mass is 16.7. The molecule has 2 heterocycles. The summed E-state index contributed by atoms with van der Waals surface area (Å²) in [5.74, 6) is -2.46. The first-order chi connectivity index (χ1) is 12.4. The molecular weight excluding hydrogens is 364 g/mol. The van der Waals surface area contributed by atoms with Crippen LogP contribution >= 0.6 is 0 Å². The van der Waals surface area contributed by atoms with E-state index in [4.69, 9.17) is 18.9 Å². The lowest BCUT2D eigenvalue weighted by molar-refractivity contribution is -0.220. The average molecular weight is 401 g/mol. The fourth-order valence-corrected chi connectivity index (χ4v) is 3.88. The molecule has 2 rings (SSSR count). The lowest BCUT2D eigenvalue weighted by atomic mass is 9.61. The van der Waals surface area contributed by atoms with E-state index in [-0.39, 0.29) is 17.4 Å². The van der Waals surface area contributed by atoms with Crippen molar-refractivity contribution in [1.82, 2.24) is 0 Å². The van der Waals surface area contributed by atoms with Crippen LogP contribution in [0.1, 0.15) is 68.7 Å². The third-order valence-corrected chi connectivity index (χ3v) is 5.59. The maximum atomic E-state index is 13.2. The molecule has 2 saturated heterocycles. The van der Waals surface area contributed by atoms with Gasteiger partial charge in [-0.05, 0) is 38.0 Å². The van der Waals surface area contributed by atoms with E-state index in [2.05, 4.69) is 20.8 Å². The maximum Gasteiger partial charge on any atom is 0.350 e. The van der Waals surface area contributed by atoms with Crippen molar-refractivity contribution in [3.8, 4) is 0 Å². The molecule has 7 heteroatoms. The predicted octanol–water partition coefficient (Wildman–Crippen LogP) is 2.82. The summed E-state index contributed by atoms with van der Waals surface area (Å²) in [6.45, 7) is 17.2. The topological polar surface area (TPSA) is 91.3 Å². The van der Waals surface area contributed by atoms with Crippen molar-refractivity contribution in [1.29, 1.82) is 0 Å². The van der Waals surface area contributed by atoms with E-state index in [9.17, 15) is 14.7 Å². The Bertz CT molecular complexity index is 608. The highest BCUT2D eigenvalue weighted by molar-refractivity contribution is 5.84. The van der Waals surface area contributed by atoms with Crippen LogP contribution in [0.15, 0.2) is 0 Å². The molecule has 5 atom stereocenters. The van der Waals surface area contributed by atoms with Crippen LogP contribution in [-0.4, -0.2) is 53.9 Å². The molecule has 0 spiro atoms. The van der Waals surface area contributed by atoms with Crippen LogP contribution in [0.3, 0.4) is 0 Å². The largest absolute Gasteiger partial charge is 0.454 e. The zero-order valence-electron chi connectivity index (χ0n) is 18.6. The molecule has 1 N–H and O–H groups in total. The zero-order valence-corrected chi connectivity index (χ0v) is 18.6. The second-order valence-electron chi connectivity index (χ2n) is 10.9. The molecule has 2 fully saturated rings. The van der Waals surface area contributed by atoms with E-state index < -0.39 is 47.6 Å². The smallest absolute Gasteiger partial charge is 0.350 e. The van der Waals surface area contributed by atoms with Gasteiger partial charge in [-0.15, -0.1) is 0 Å². The Morgan fingerprint density at radius 1 is 1.07 bits per heavy atom. The molecule has 0 bridgehead atoms. The summed E-state index contributed by atoms with van der Waals surface area (Å²) in [6, 6.07) is 0. The third-order valence-electron chi connectivity index (χ3n) is 5.59. The molecule has 0 aromatic rings. The van der Waals surface area contributed by atoms with Crippen LogP contribution in [-0.2, 0) is 28.5 Å². The van der Waals surface area contributed by atoms with Crippen molar-refractivity contribution in [3.63, 3.8) is 0 Å². The molecular formula is C21H36O7. The van der Waals surface area contributed by atoms with E-state index in [0.717, 1.165) is 0 Å². The maximum absolute atomic E-state index is 13.2. The SMILES string of the molecule is CC(C)(C)CC(C)(C(=O)OC1C(=O)OC2C(OC(C)(C)O)COC12)C(C)(C)C. The molecule has 2 aliphatic rings. The van der Waals surface area contributed by atoms with Crippen molar-refractivity contribution in [2.24, 2.45) is 16.2 Å².